The van der Waals surface area contributed by atoms with Gasteiger partial charge in [-0.15, -0.1) is 0 Å². The highest BCUT2D eigenvalue weighted by atomic mass is 19.1. The molecular formula is C31H31FN8O2. The molecule has 42 heavy (non-hydrogen) atoms. The van der Waals surface area contributed by atoms with E-state index in [2.05, 4.69) is 35.5 Å². The van der Waals surface area contributed by atoms with Crippen molar-refractivity contribution in [2.45, 2.75) is 19.6 Å². The summed E-state index contributed by atoms with van der Waals surface area (Å²) < 4.78 is 20.4. The number of nitrogens with zero attached hydrogens (tertiary/aromatic N) is 5. The minimum atomic E-state index is -0.658. The molecule has 5 heterocycles. The van der Waals surface area contributed by atoms with Gasteiger partial charge in [-0.3, -0.25) is 20.1 Å². The number of hydrogen-bond donors (Lipinski definition) is 4. The van der Waals surface area contributed by atoms with Crippen LogP contribution in [0.15, 0.2) is 67.3 Å². The third kappa shape index (κ3) is 5.65. The lowest BCUT2D eigenvalue weighted by Crippen LogP contribution is -2.19. The predicted molar refractivity (Wildman–Crippen MR) is 162 cm³/mol. The molecule has 11 heteroatoms. The van der Waals surface area contributed by atoms with E-state index >= 15 is 0 Å². The van der Waals surface area contributed by atoms with E-state index < -0.39 is 12.0 Å². The highest BCUT2D eigenvalue weighted by molar-refractivity contribution is 6.00. The number of halogens is 1. The van der Waals surface area contributed by atoms with E-state index in [0.29, 0.717) is 47.1 Å². The number of aliphatic hydroxyl groups is 1. The number of fused-ring (bicyclic) bond motifs is 2. The lowest BCUT2D eigenvalue weighted by Gasteiger charge is -2.12. The fourth-order valence-corrected chi connectivity index (χ4v) is 4.77. The van der Waals surface area contributed by atoms with Gasteiger partial charge < -0.3 is 25.0 Å². The number of ether oxygens (including phenoxy) is 1. The van der Waals surface area contributed by atoms with Crippen molar-refractivity contribution in [2.75, 3.05) is 32.6 Å². The molecule has 1 atom stereocenters. The molecule has 6 aromatic rings. The second-order valence-electron chi connectivity index (χ2n) is 10.3. The molecular weight excluding hydrogens is 535 g/mol. The number of hydrogen-bond acceptors (Lipinski definition) is 8. The topological polar surface area (TPSA) is 128 Å². The SMILES string of the molecule is CCC(O)Nc1cncc(-c2cc3c(-c4cc5c(-c6cc(F)cc(OCCN(C)C)c6)nccc5[nH]4)n[nH]c3cn2)c1. The van der Waals surface area contributed by atoms with Crippen LogP contribution >= 0.6 is 0 Å². The number of H-pyrrole nitrogens is 2. The van der Waals surface area contributed by atoms with E-state index in [-0.39, 0.29) is 0 Å². The number of aromatic nitrogens is 6. The molecule has 0 radical (unpaired) electrons. The number of anilines is 1. The van der Waals surface area contributed by atoms with Crippen LogP contribution in [-0.2, 0) is 0 Å². The lowest BCUT2D eigenvalue weighted by atomic mass is 10.1. The number of likely N-dealkylation sites (N-methyl/N-ethyl adjacent to an activating group) is 1. The Morgan fingerprint density at radius 2 is 1.83 bits per heavy atom. The van der Waals surface area contributed by atoms with E-state index in [1.807, 2.05) is 56.3 Å². The highest BCUT2D eigenvalue weighted by Gasteiger charge is 2.17. The fourth-order valence-electron chi connectivity index (χ4n) is 4.77. The molecule has 0 saturated carbocycles. The van der Waals surface area contributed by atoms with Crippen molar-refractivity contribution < 1.29 is 14.2 Å². The Kier molecular flexibility index (Phi) is 7.51. The van der Waals surface area contributed by atoms with Crippen LogP contribution in [0.1, 0.15) is 13.3 Å². The van der Waals surface area contributed by atoms with Crippen LogP contribution in [0.5, 0.6) is 5.75 Å². The number of benzene rings is 1. The number of rotatable bonds is 10. The smallest absolute Gasteiger partial charge is 0.127 e. The minimum absolute atomic E-state index is 0.391. The lowest BCUT2D eigenvalue weighted by molar-refractivity contribution is 0.199. The van der Waals surface area contributed by atoms with Gasteiger partial charge in [0, 0.05) is 52.4 Å². The summed E-state index contributed by atoms with van der Waals surface area (Å²) in [5, 5.41) is 22.4. The molecule has 6 rings (SSSR count). The predicted octanol–water partition coefficient (Wildman–Crippen LogP) is 5.45. The molecule has 0 fully saturated rings. The van der Waals surface area contributed by atoms with Crippen molar-refractivity contribution >= 4 is 27.5 Å². The minimum Gasteiger partial charge on any atom is -0.492 e. The third-order valence-corrected chi connectivity index (χ3v) is 6.96. The summed E-state index contributed by atoms with van der Waals surface area (Å²) in [7, 11) is 3.92. The molecule has 1 unspecified atom stereocenters. The van der Waals surface area contributed by atoms with Crippen LogP contribution in [0.3, 0.4) is 0 Å². The van der Waals surface area contributed by atoms with Crippen LogP contribution in [-0.4, -0.2) is 73.6 Å². The average Bonchev–Trinajstić information content (AvgIpc) is 3.60. The van der Waals surface area contributed by atoms with Gasteiger partial charge >= 0.3 is 0 Å². The summed E-state index contributed by atoms with van der Waals surface area (Å²) in [6.45, 7) is 3.06. The van der Waals surface area contributed by atoms with Gasteiger partial charge in [-0.05, 0) is 56.9 Å². The molecule has 0 aliphatic heterocycles. The van der Waals surface area contributed by atoms with Crippen molar-refractivity contribution in [2.24, 2.45) is 0 Å². The molecule has 0 spiro atoms. The van der Waals surface area contributed by atoms with Crippen molar-refractivity contribution in [3.05, 3.63) is 73.1 Å². The third-order valence-electron chi connectivity index (χ3n) is 6.96. The molecule has 4 N–H and O–H groups in total. The zero-order chi connectivity index (χ0) is 29.2. The molecule has 0 aliphatic rings. The van der Waals surface area contributed by atoms with Gasteiger partial charge in [-0.2, -0.15) is 5.10 Å². The normalized spacial score (nSPS) is 12.3. The molecule has 1 aromatic carbocycles. The molecule has 214 valence electrons. The van der Waals surface area contributed by atoms with E-state index in [1.165, 1.54) is 12.1 Å². The Balaban J connectivity index is 1.36. The second-order valence-corrected chi connectivity index (χ2v) is 10.3. The molecule has 0 amide bonds. The van der Waals surface area contributed by atoms with Crippen LogP contribution in [0, 0.1) is 5.82 Å². The van der Waals surface area contributed by atoms with Gasteiger partial charge in [0.15, 0.2) is 0 Å². The summed E-state index contributed by atoms with van der Waals surface area (Å²) in [5.74, 6) is 0.0657. The first kappa shape index (κ1) is 27.3. The van der Waals surface area contributed by atoms with Crippen molar-refractivity contribution in [3.8, 4) is 39.7 Å². The maximum atomic E-state index is 14.6. The van der Waals surface area contributed by atoms with E-state index in [4.69, 9.17) is 4.74 Å². The van der Waals surface area contributed by atoms with Crippen molar-refractivity contribution in [1.29, 1.82) is 0 Å². The number of nitrogens with one attached hydrogen (secondary N) is 3. The van der Waals surface area contributed by atoms with Crippen LogP contribution < -0.4 is 10.1 Å². The molecule has 0 aliphatic carbocycles. The maximum Gasteiger partial charge on any atom is 0.127 e. The van der Waals surface area contributed by atoms with Crippen molar-refractivity contribution in [1.82, 2.24) is 35.0 Å². The molecule has 5 aromatic heterocycles. The standard InChI is InChI=1S/C31H31FN8O2/c1-4-29(41)36-21-10-19(15-33-16-21)26-13-24-28(17-35-26)38-39-31(24)27-14-23-25(37-27)5-6-34-30(23)18-9-20(32)12-22(11-18)42-8-7-40(2)3/h5-6,9-17,29,36-37,41H,4,7-8H2,1-3H3,(H,38,39). The average molecular weight is 567 g/mol. The zero-order valence-corrected chi connectivity index (χ0v) is 23.5. The summed E-state index contributed by atoms with van der Waals surface area (Å²) >= 11 is 0. The van der Waals surface area contributed by atoms with Gasteiger partial charge in [0.2, 0.25) is 0 Å². The molecule has 10 nitrogen and oxygen atoms in total. The first-order valence-electron chi connectivity index (χ1n) is 13.7. The highest BCUT2D eigenvalue weighted by Crippen LogP contribution is 2.35. The Morgan fingerprint density at radius 3 is 2.67 bits per heavy atom. The zero-order valence-electron chi connectivity index (χ0n) is 23.5. The first-order valence-corrected chi connectivity index (χ1v) is 13.7. The van der Waals surface area contributed by atoms with Gasteiger partial charge in [0.25, 0.3) is 0 Å². The van der Waals surface area contributed by atoms with E-state index in [9.17, 15) is 9.50 Å². The molecule has 0 saturated heterocycles. The summed E-state index contributed by atoms with van der Waals surface area (Å²) in [6, 6.07) is 12.4. The van der Waals surface area contributed by atoms with Gasteiger partial charge in [-0.1, -0.05) is 6.92 Å². The largest absolute Gasteiger partial charge is 0.492 e. The Morgan fingerprint density at radius 1 is 0.976 bits per heavy atom. The Bertz CT molecular complexity index is 1870. The van der Waals surface area contributed by atoms with Crippen LogP contribution in [0.25, 0.3) is 55.7 Å². The summed E-state index contributed by atoms with van der Waals surface area (Å²) in [5.41, 5.74) is 6.60. The number of aliphatic hydroxyl groups excluding tert-OH is 1. The first-order chi connectivity index (χ1) is 20.4. The van der Waals surface area contributed by atoms with Gasteiger partial charge in [0.1, 0.15) is 30.1 Å². The Hall–Kier alpha value is -4.87. The second kappa shape index (κ2) is 11.6. The number of pyridine rings is 3. The summed E-state index contributed by atoms with van der Waals surface area (Å²) in [6.07, 6.45) is 6.74. The fraction of sp³-hybridized carbons (Fsp3) is 0.226. The van der Waals surface area contributed by atoms with Gasteiger partial charge in [0.05, 0.1) is 40.7 Å². The van der Waals surface area contributed by atoms with Crippen molar-refractivity contribution in [3.63, 3.8) is 0 Å². The van der Waals surface area contributed by atoms with E-state index in [0.717, 1.165) is 39.6 Å². The summed E-state index contributed by atoms with van der Waals surface area (Å²) in [4.78, 5) is 19.0. The van der Waals surface area contributed by atoms with Gasteiger partial charge in [-0.25, -0.2) is 4.39 Å². The maximum absolute atomic E-state index is 14.6. The monoisotopic (exact) mass is 566 g/mol. The Labute approximate surface area is 241 Å². The number of aromatic amines is 2. The van der Waals surface area contributed by atoms with E-state index in [1.54, 1.807) is 24.8 Å². The van der Waals surface area contributed by atoms with Crippen LogP contribution in [0.2, 0.25) is 0 Å². The molecule has 0 bridgehead atoms. The quantitative estimate of drug-likeness (QED) is 0.161. The van der Waals surface area contributed by atoms with Crippen LogP contribution in [0.4, 0.5) is 10.1 Å².